The molecule has 0 aliphatic rings. The summed E-state index contributed by atoms with van der Waals surface area (Å²) in [7, 11) is 0. The predicted molar refractivity (Wildman–Crippen MR) is 85.7 cm³/mol. The van der Waals surface area contributed by atoms with Crippen LogP contribution in [0.1, 0.15) is 52.5 Å². The van der Waals surface area contributed by atoms with E-state index < -0.39 is 0 Å². The number of aliphatic hydroxyl groups is 1. The Bertz CT molecular complexity index is 466. The SMILES string of the molecule is CC(C)(CO)CCCNC(=O)Nc1nnc(C(C)(C)C)s1. The lowest BCUT2D eigenvalue weighted by atomic mass is 9.89. The van der Waals surface area contributed by atoms with Crippen molar-refractivity contribution < 1.29 is 9.90 Å². The molecule has 0 aromatic carbocycles. The molecule has 3 N–H and O–H groups in total. The van der Waals surface area contributed by atoms with E-state index in [1.165, 1.54) is 11.3 Å². The number of carbonyl (C=O) groups is 1. The van der Waals surface area contributed by atoms with E-state index in [0.717, 1.165) is 17.8 Å². The predicted octanol–water partition coefficient (Wildman–Crippen LogP) is 2.76. The quantitative estimate of drug-likeness (QED) is 0.705. The van der Waals surface area contributed by atoms with Gasteiger partial charge in [0.25, 0.3) is 0 Å². The maximum Gasteiger partial charge on any atom is 0.321 e. The van der Waals surface area contributed by atoms with Crippen molar-refractivity contribution in [3.05, 3.63) is 5.01 Å². The number of nitrogens with one attached hydrogen (secondary N) is 2. The molecule has 0 aliphatic carbocycles. The minimum absolute atomic E-state index is 0.0655. The van der Waals surface area contributed by atoms with E-state index in [9.17, 15) is 4.79 Å². The molecule has 7 heteroatoms. The van der Waals surface area contributed by atoms with E-state index in [0.29, 0.717) is 11.7 Å². The molecule has 0 atom stereocenters. The monoisotopic (exact) mass is 314 g/mol. The Morgan fingerprint density at radius 1 is 1.24 bits per heavy atom. The Kier molecular flexibility index (Phi) is 6.10. The fourth-order valence-electron chi connectivity index (χ4n) is 1.57. The first-order valence-electron chi connectivity index (χ1n) is 7.14. The topological polar surface area (TPSA) is 87.1 Å². The minimum Gasteiger partial charge on any atom is -0.396 e. The molecular formula is C14H26N4O2S. The number of rotatable bonds is 6. The second-order valence-corrected chi connectivity index (χ2v) is 7.95. The Morgan fingerprint density at radius 2 is 1.90 bits per heavy atom. The smallest absolute Gasteiger partial charge is 0.321 e. The highest BCUT2D eigenvalue weighted by Crippen LogP contribution is 2.27. The summed E-state index contributed by atoms with van der Waals surface area (Å²) in [6.07, 6.45) is 1.68. The molecule has 0 bridgehead atoms. The van der Waals surface area contributed by atoms with Gasteiger partial charge in [0.1, 0.15) is 5.01 Å². The van der Waals surface area contributed by atoms with Gasteiger partial charge >= 0.3 is 6.03 Å². The Labute approximate surface area is 130 Å². The number of anilines is 1. The molecule has 1 aromatic rings. The van der Waals surface area contributed by atoms with Crippen molar-refractivity contribution in [2.75, 3.05) is 18.5 Å². The summed E-state index contributed by atoms with van der Waals surface area (Å²) in [5.74, 6) is 0. The summed E-state index contributed by atoms with van der Waals surface area (Å²) in [5, 5.41) is 24.1. The zero-order valence-electron chi connectivity index (χ0n) is 13.5. The number of hydrogen-bond donors (Lipinski definition) is 3. The molecule has 1 heterocycles. The second kappa shape index (κ2) is 7.17. The number of urea groups is 1. The van der Waals surface area contributed by atoms with Crippen molar-refractivity contribution in [2.24, 2.45) is 5.41 Å². The van der Waals surface area contributed by atoms with Gasteiger partial charge in [-0.15, -0.1) is 10.2 Å². The molecule has 0 aliphatic heterocycles. The van der Waals surface area contributed by atoms with Crippen LogP contribution in [0.15, 0.2) is 0 Å². The molecule has 0 saturated carbocycles. The molecule has 120 valence electrons. The maximum atomic E-state index is 11.7. The van der Waals surface area contributed by atoms with E-state index in [-0.39, 0.29) is 23.5 Å². The highest BCUT2D eigenvalue weighted by molar-refractivity contribution is 7.15. The van der Waals surface area contributed by atoms with Crippen LogP contribution in [-0.2, 0) is 5.41 Å². The molecule has 1 aromatic heterocycles. The van der Waals surface area contributed by atoms with Crippen LogP contribution in [-0.4, -0.2) is 34.5 Å². The van der Waals surface area contributed by atoms with Crippen LogP contribution < -0.4 is 10.6 Å². The average molecular weight is 314 g/mol. The van der Waals surface area contributed by atoms with Crippen LogP contribution in [0.25, 0.3) is 0 Å². The maximum absolute atomic E-state index is 11.7. The third-order valence-electron chi connectivity index (χ3n) is 3.03. The first-order valence-corrected chi connectivity index (χ1v) is 7.95. The number of aliphatic hydroxyl groups excluding tert-OH is 1. The summed E-state index contributed by atoms with van der Waals surface area (Å²) < 4.78 is 0. The van der Waals surface area contributed by atoms with E-state index in [2.05, 4.69) is 41.6 Å². The first kappa shape index (κ1) is 17.8. The standard InChI is InChI=1S/C14H26N4O2S/c1-13(2,3)10-17-18-12(21-10)16-11(20)15-8-6-7-14(4,5)9-19/h19H,6-9H2,1-5H3,(H2,15,16,18,20). The van der Waals surface area contributed by atoms with Crippen molar-refractivity contribution in [1.82, 2.24) is 15.5 Å². The van der Waals surface area contributed by atoms with Crippen molar-refractivity contribution in [1.29, 1.82) is 0 Å². The lowest BCUT2D eigenvalue weighted by molar-refractivity contribution is 0.148. The van der Waals surface area contributed by atoms with E-state index in [1.54, 1.807) is 0 Å². The van der Waals surface area contributed by atoms with Crippen LogP contribution in [0.3, 0.4) is 0 Å². The molecule has 2 amide bonds. The van der Waals surface area contributed by atoms with Gasteiger partial charge in [-0.2, -0.15) is 0 Å². The van der Waals surface area contributed by atoms with Gasteiger partial charge in [0, 0.05) is 18.6 Å². The zero-order valence-corrected chi connectivity index (χ0v) is 14.3. The van der Waals surface area contributed by atoms with Gasteiger partial charge in [-0.05, 0) is 18.3 Å². The Balaban J connectivity index is 2.33. The number of aromatic nitrogens is 2. The molecular weight excluding hydrogens is 288 g/mol. The molecule has 0 unspecified atom stereocenters. The van der Waals surface area contributed by atoms with E-state index in [1.807, 2.05) is 13.8 Å². The Morgan fingerprint density at radius 3 is 2.43 bits per heavy atom. The average Bonchev–Trinajstić information content (AvgIpc) is 2.83. The summed E-state index contributed by atoms with van der Waals surface area (Å²) in [6, 6.07) is -0.270. The summed E-state index contributed by atoms with van der Waals surface area (Å²) >= 11 is 1.39. The van der Waals surface area contributed by atoms with Gasteiger partial charge in [0.15, 0.2) is 0 Å². The van der Waals surface area contributed by atoms with Crippen LogP contribution in [0.5, 0.6) is 0 Å². The molecule has 21 heavy (non-hydrogen) atoms. The minimum atomic E-state index is -0.270. The lowest BCUT2D eigenvalue weighted by Gasteiger charge is -2.21. The summed E-state index contributed by atoms with van der Waals surface area (Å²) in [5.41, 5.74) is -0.164. The first-order chi connectivity index (χ1) is 9.64. The van der Waals surface area contributed by atoms with Gasteiger partial charge in [-0.25, -0.2) is 4.79 Å². The van der Waals surface area contributed by atoms with E-state index in [4.69, 9.17) is 5.11 Å². The highest BCUT2D eigenvalue weighted by Gasteiger charge is 2.20. The van der Waals surface area contributed by atoms with Crippen LogP contribution in [0, 0.1) is 5.41 Å². The molecule has 6 nitrogen and oxygen atoms in total. The fraction of sp³-hybridized carbons (Fsp3) is 0.786. The van der Waals surface area contributed by atoms with Crippen molar-refractivity contribution in [3.8, 4) is 0 Å². The molecule has 0 radical (unpaired) electrons. The Hall–Kier alpha value is -1.21. The van der Waals surface area contributed by atoms with Crippen LogP contribution in [0.4, 0.5) is 9.93 Å². The van der Waals surface area contributed by atoms with Gasteiger partial charge in [0.05, 0.1) is 0 Å². The van der Waals surface area contributed by atoms with Gasteiger partial charge in [-0.1, -0.05) is 46.0 Å². The second-order valence-electron chi connectivity index (χ2n) is 6.97. The van der Waals surface area contributed by atoms with Gasteiger partial charge in [-0.3, -0.25) is 5.32 Å². The van der Waals surface area contributed by atoms with Crippen molar-refractivity contribution in [3.63, 3.8) is 0 Å². The summed E-state index contributed by atoms with van der Waals surface area (Å²) in [6.45, 7) is 10.9. The number of amides is 2. The molecule has 0 spiro atoms. The molecule has 0 fully saturated rings. The number of hydrogen-bond acceptors (Lipinski definition) is 5. The highest BCUT2D eigenvalue weighted by atomic mass is 32.1. The van der Waals surface area contributed by atoms with Gasteiger partial charge < -0.3 is 10.4 Å². The zero-order chi connectivity index (χ0) is 16.1. The fourth-order valence-corrected chi connectivity index (χ4v) is 2.36. The van der Waals surface area contributed by atoms with E-state index >= 15 is 0 Å². The lowest BCUT2D eigenvalue weighted by Crippen LogP contribution is -2.30. The van der Waals surface area contributed by atoms with Crippen molar-refractivity contribution in [2.45, 2.75) is 52.9 Å². The number of carbonyl (C=O) groups excluding carboxylic acids is 1. The van der Waals surface area contributed by atoms with Crippen LogP contribution in [0.2, 0.25) is 0 Å². The molecule has 1 rings (SSSR count). The number of nitrogens with zero attached hydrogens (tertiary/aromatic N) is 2. The third kappa shape index (κ3) is 6.39. The normalized spacial score (nSPS) is 12.3. The molecule has 0 saturated heterocycles. The summed E-state index contributed by atoms with van der Waals surface area (Å²) in [4.78, 5) is 11.7. The third-order valence-corrected chi connectivity index (χ3v) is 4.30. The van der Waals surface area contributed by atoms with Crippen molar-refractivity contribution >= 4 is 22.5 Å². The largest absolute Gasteiger partial charge is 0.396 e. The van der Waals surface area contributed by atoms with Crippen LogP contribution >= 0.6 is 11.3 Å². The van der Waals surface area contributed by atoms with Gasteiger partial charge in [0.2, 0.25) is 5.13 Å².